The van der Waals surface area contributed by atoms with Gasteiger partial charge in [-0.1, -0.05) is 18.2 Å². The maximum Gasteiger partial charge on any atom is 0.354 e. The number of hydrogen-bond donors (Lipinski definition) is 0. The maximum atomic E-state index is 13.5. The quantitative estimate of drug-likeness (QED) is 0.314. The van der Waals surface area contributed by atoms with Crippen molar-refractivity contribution in [2.45, 2.75) is 38.1 Å². The Morgan fingerprint density at radius 3 is 2.29 bits per heavy atom. The summed E-state index contributed by atoms with van der Waals surface area (Å²) in [5, 5.41) is 0. The Morgan fingerprint density at radius 1 is 1.13 bits per heavy atom. The lowest BCUT2D eigenvalue weighted by Crippen LogP contribution is -2.44. The fraction of sp³-hybridized carbons (Fsp3) is 0.455. The van der Waals surface area contributed by atoms with Gasteiger partial charge in [-0.25, -0.2) is 13.2 Å². The van der Waals surface area contributed by atoms with Crippen molar-refractivity contribution in [3.63, 3.8) is 0 Å². The standard InChI is InChI=1S/C22H30N2O6S/c1-15-19(16(2)23(4)20(15)22(26)30-6)21(25)17(3)24(13-10-14-29-5)31(27,28)18-11-8-7-9-12-18/h7-9,11-12,17H,10,13-14H2,1-6H3/t17-/m1/s1. The number of benzene rings is 1. The Morgan fingerprint density at radius 2 is 1.74 bits per heavy atom. The Labute approximate surface area is 183 Å². The fourth-order valence-corrected chi connectivity index (χ4v) is 5.33. The zero-order chi connectivity index (χ0) is 23.3. The number of sulfonamides is 1. The number of Topliss-reactive ketones (excluding diaryl/α,β-unsaturated/α-hetero) is 1. The summed E-state index contributed by atoms with van der Waals surface area (Å²) >= 11 is 0. The molecule has 0 aliphatic carbocycles. The molecule has 9 heteroatoms. The van der Waals surface area contributed by atoms with Gasteiger partial charge in [-0.2, -0.15) is 4.31 Å². The van der Waals surface area contributed by atoms with E-state index < -0.39 is 22.0 Å². The fourth-order valence-electron chi connectivity index (χ4n) is 3.68. The molecule has 0 saturated carbocycles. The average molecular weight is 451 g/mol. The summed E-state index contributed by atoms with van der Waals surface area (Å²) in [6.45, 7) is 5.43. The second-order valence-electron chi connectivity index (χ2n) is 7.30. The van der Waals surface area contributed by atoms with Crippen LogP contribution in [0.2, 0.25) is 0 Å². The van der Waals surface area contributed by atoms with Gasteiger partial charge in [0.1, 0.15) is 5.69 Å². The largest absolute Gasteiger partial charge is 0.464 e. The smallest absolute Gasteiger partial charge is 0.354 e. The summed E-state index contributed by atoms with van der Waals surface area (Å²) in [7, 11) is 0.562. The molecule has 1 aromatic heterocycles. The lowest BCUT2D eigenvalue weighted by molar-refractivity contribution is 0.0588. The van der Waals surface area contributed by atoms with E-state index in [1.807, 2.05) is 0 Å². The van der Waals surface area contributed by atoms with Gasteiger partial charge in [0.15, 0.2) is 5.78 Å². The van der Waals surface area contributed by atoms with Crippen molar-refractivity contribution in [1.82, 2.24) is 8.87 Å². The Hall–Kier alpha value is -2.49. The van der Waals surface area contributed by atoms with Crippen molar-refractivity contribution in [3.05, 3.63) is 52.8 Å². The number of rotatable bonds is 10. The molecule has 2 aromatic rings. The van der Waals surface area contributed by atoms with E-state index >= 15 is 0 Å². The highest BCUT2D eigenvalue weighted by Crippen LogP contribution is 2.27. The van der Waals surface area contributed by atoms with E-state index in [4.69, 9.17) is 9.47 Å². The number of ether oxygens (including phenoxy) is 2. The van der Waals surface area contributed by atoms with Crippen molar-refractivity contribution >= 4 is 21.8 Å². The molecule has 0 spiro atoms. The average Bonchev–Trinajstić information content (AvgIpc) is 2.98. The van der Waals surface area contributed by atoms with Crippen LogP contribution in [-0.4, -0.2) is 62.5 Å². The van der Waals surface area contributed by atoms with Crippen LogP contribution in [-0.2, 0) is 26.5 Å². The molecule has 0 radical (unpaired) electrons. The molecule has 0 amide bonds. The van der Waals surface area contributed by atoms with Crippen molar-refractivity contribution in [2.24, 2.45) is 7.05 Å². The van der Waals surface area contributed by atoms with E-state index in [9.17, 15) is 18.0 Å². The van der Waals surface area contributed by atoms with Crippen LogP contribution in [0, 0.1) is 13.8 Å². The molecule has 0 fully saturated rings. The summed E-state index contributed by atoms with van der Waals surface area (Å²) in [5.74, 6) is -0.929. The van der Waals surface area contributed by atoms with Gasteiger partial charge in [-0.15, -0.1) is 0 Å². The van der Waals surface area contributed by atoms with Gasteiger partial charge in [0.05, 0.1) is 18.0 Å². The first-order valence-electron chi connectivity index (χ1n) is 9.93. The molecule has 31 heavy (non-hydrogen) atoms. The number of ketones is 1. The van der Waals surface area contributed by atoms with Gasteiger partial charge in [0.25, 0.3) is 0 Å². The zero-order valence-electron chi connectivity index (χ0n) is 18.8. The highest BCUT2D eigenvalue weighted by atomic mass is 32.2. The summed E-state index contributed by atoms with van der Waals surface area (Å²) in [6, 6.07) is 7.04. The normalized spacial score (nSPS) is 12.7. The van der Waals surface area contributed by atoms with Crippen LogP contribution in [0.15, 0.2) is 35.2 Å². The lowest BCUT2D eigenvalue weighted by atomic mass is 10.0. The number of methoxy groups -OCH3 is 2. The number of nitrogens with zero attached hydrogens (tertiary/aromatic N) is 2. The zero-order valence-corrected chi connectivity index (χ0v) is 19.7. The molecule has 8 nitrogen and oxygen atoms in total. The minimum absolute atomic E-state index is 0.115. The third-order valence-electron chi connectivity index (χ3n) is 5.44. The molecule has 1 aromatic carbocycles. The number of carbonyl (C=O) groups excluding carboxylic acids is 2. The molecule has 0 unspecified atom stereocenters. The Balaban J connectivity index is 2.52. The molecule has 0 bridgehead atoms. The summed E-state index contributed by atoms with van der Waals surface area (Å²) in [4.78, 5) is 25.8. The molecular weight excluding hydrogens is 420 g/mol. The lowest BCUT2D eigenvalue weighted by Gasteiger charge is -2.28. The van der Waals surface area contributed by atoms with Gasteiger partial charge in [0.2, 0.25) is 10.0 Å². The van der Waals surface area contributed by atoms with Crippen molar-refractivity contribution in [2.75, 3.05) is 27.4 Å². The van der Waals surface area contributed by atoms with Crippen LogP contribution in [0.25, 0.3) is 0 Å². The SMILES string of the molecule is COCCCN([C@H](C)C(=O)c1c(C)c(C(=O)OC)n(C)c1C)S(=O)(=O)c1ccccc1. The summed E-state index contributed by atoms with van der Waals surface area (Å²) in [5.41, 5.74) is 1.64. The molecule has 1 heterocycles. The van der Waals surface area contributed by atoms with E-state index in [0.29, 0.717) is 29.8 Å². The maximum absolute atomic E-state index is 13.5. The molecule has 0 N–H and O–H groups in total. The van der Waals surface area contributed by atoms with Gasteiger partial charge in [0, 0.05) is 38.6 Å². The molecule has 0 saturated heterocycles. The highest BCUT2D eigenvalue weighted by molar-refractivity contribution is 7.89. The first-order chi connectivity index (χ1) is 14.6. The minimum atomic E-state index is -3.93. The molecule has 0 aliphatic heterocycles. The first-order valence-corrected chi connectivity index (χ1v) is 11.4. The van der Waals surface area contributed by atoms with Crippen LogP contribution in [0.5, 0.6) is 0 Å². The Bertz CT molecular complexity index is 1040. The number of esters is 1. The van der Waals surface area contributed by atoms with Gasteiger partial charge < -0.3 is 14.0 Å². The number of aromatic nitrogens is 1. The third kappa shape index (κ3) is 4.89. The third-order valence-corrected chi connectivity index (χ3v) is 7.43. The van der Waals surface area contributed by atoms with Gasteiger partial charge >= 0.3 is 5.97 Å². The van der Waals surface area contributed by atoms with Crippen molar-refractivity contribution in [1.29, 1.82) is 0 Å². The van der Waals surface area contributed by atoms with Gasteiger partial charge in [-0.3, -0.25) is 4.79 Å². The summed E-state index contributed by atoms with van der Waals surface area (Å²) in [6.07, 6.45) is 0.431. The highest BCUT2D eigenvalue weighted by Gasteiger charge is 2.36. The van der Waals surface area contributed by atoms with Crippen molar-refractivity contribution in [3.8, 4) is 0 Å². The predicted molar refractivity (Wildman–Crippen MR) is 117 cm³/mol. The Kier molecular flexibility index (Phi) is 8.16. The predicted octanol–water partition coefficient (Wildman–Crippen LogP) is 2.73. The van der Waals surface area contributed by atoms with Crippen LogP contribution in [0.3, 0.4) is 0 Å². The first kappa shape index (κ1) is 24.8. The molecule has 0 aliphatic rings. The van der Waals surface area contributed by atoms with Crippen LogP contribution >= 0.6 is 0 Å². The van der Waals surface area contributed by atoms with Crippen LogP contribution in [0.1, 0.15) is 45.4 Å². The molecule has 1 atom stereocenters. The van der Waals surface area contributed by atoms with E-state index in [-0.39, 0.29) is 22.9 Å². The number of hydrogen-bond acceptors (Lipinski definition) is 6. The number of carbonyl (C=O) groups is 2. The van der Waals surface area contributed by atoms with Crippen LogP contribution < -0.4 is 0 Å². The van der Waals surface area contributed by atoms with E-state index in [1.165, 1.54) is 30.7 Å². The second-order valence-corrected chi connectivity index (χ2v) is 9.19. The molecule has 170 valence electrons. The van der Waals surface area contributed by atoms with Gasteiger partial charge in [-0.05, 0) is 44.9 Å². The summed E-state index contributed by atoms with van der Waals surface area (Å²) < 4.78 is 39.4. The van der Waals surface area contributed by atoms with E-state index in [2.05, 4.69) is 0 Å². The monoisotopic (exact) mass is 450 g/mol. The van der Waals surface area contributed by atoms with Crippen molar-refractivity contribution < 1.29 is 27.5 Å². The van der Waals surface area contributed by atoms with Crippen LogP contribution in [0.4, 0.5) is 0 Å². The minimum Gasteiger partial charge on any atom is -0.464 e. The second kappa shape index (κ2) is 10.2. The van der Waals surface area contributed by atoms with E-state index in [0.717, 1.165) is 0 Å². The topological polar surface area (TPSA) is 94.9 Å². The molecule has 2 rings (SSSR count). The van der Waals surface area contributed by atoms with E-state index in [1.54, 1.807) is 50.6 Å². The molecular formula is C22H30N2O6S.